The van der Waals surface area contributed by atoms with Crippen molar-refractivity contribution in [2.45, 2.75) is 13.8 Å². The van der Waals surface area contributed by atoms with Crippen LogP contribution in [-0.2, 0) is 0 Å². The molecule has 0 saturated carbocycles. The van der Waals surface area contributed by atoms with Gasteiger partial charge in [0.25, 0.3) is 5.91 Å². The summed E-state index contributed by atoms with van der Waals surface area (Å²) in [6.07, 6.45) is 0. The summed E-state index contributed by atoms with van der Waals surface area (Å²) in [5, 5.41) is 6.74. The summed E-state index contributed by atoms with van der Waals surface area (Å²) in [4.78, 5) is 12.0. The minimum absolute atomic E-state index is 0.0618. The van der Waals surface area contributed by atoms with Crippen LogP contribution in [0.2, 0.25) is 0 Å². The van der Waals surface area contributed by atoms with E-state index < -0.39 is 0 Å². The number of aryl methyl sites for hydroxylation is 2. The average Bonchev–Trinajstić information content (AvgIpc) is 2.68. The fourth-order valence-electron chi connectivity index (χ4n) is 1.50. The number of rotatable bonds is 2. The highest BCUT2D eigenvalue weighted by Crippen LogP contribution is 2.24. The van der Waals surface area contributed by atoms with E-state index in [1.807, 2.05) is 42.8 Å². The number of carbonyl (C=O) groups excluding carboxylic acids is 1. The quantitative estimate of drug-likeness (QED) is 0.876. The first kappa shape index (κ1) is 12.3. The second-order valence-corrected chi connectivity index (χ2v) is 5.50. The Bertz CT molecular complexity index is 562. The van der Waals surface area contributed by atoms with Crippen molar-refractivity contribution in [2.24, 2.45) is 0 Å². The van der Waals surface area contributed by atoms with Crippen LogP contribution in [0.3, 0.4) is 0 Å². The third-order valence-electron chi connectivity index (χ3n) is 2.47. The molecule has 0 bridgehead atoms. The highest BCUT2D eigenvalue weighted by atomic mass is 79.9. The zero-order valence-electron chi connectivity index (χ0n) is 9.58. The zero-order chi connectivity index (χ0) is 12.4. The second-order valence-electron chi connectivity index (χ2n) is 3.91. The van der Waals surface area contributed by atoms with Gasteiger partial charge in [0.2, 0.25) is 0 Å². The number of amides is 1. The molecule has 0 radical (unpaired) electrons. The minimum atomic E-state index is -0.0618. The smallest absolute Gasteiger partial charge is 0.256 e. The van der Waals surface area contributed by atoms with E-state index in [1.165, 1.54) is 11.3 Å². The molecule has 0 aliphatic rings. The average molecular weight is 310 g/mol. The zero-order valence-corrected chi connectivity index (χ0v) is 12.0. The first-order valence-corrected chi connectivity index (χ1v) is 6.92. The molecule has 1 aromatic carbocycles. The van der Waals surface area contributed by atoms with Gasteiger partial charge in [-0.15, -0.1) is 0 Å². The maximum atomic E-state index is 12.0. The van der Waals surface area contributed by atoms with Gasteiger partial charge in [-0.2, -0.15) is 11.3 Å². The number of thiophene rings is 1. The van der Waals surface area contributed by atoms with Gasteiger partial charge in [-0.1, -0.05) is 6.07 Å². The fraction of sp³-hybridized carbons (Fsp3) is 0.154. The van der Waals surface area contributed by atoms with Crippen molar-refractivity contribution in [3.8, 4) is 0 Å². The van der Waals surface area contributed by atoms with Gasteiger partial charge >= 0.3 is 0 Å². The van der Waals surface area contributed by atoms with Crippen LogP contribution < -0.4 is 5.32 Å². The van der Waals surface area contributed by atoms with E-state index >= 15 is 0 Å². The summed E-state index contributed by atoms with van der Waals surface area (Å²) in [5.74, 6) is -0.0618. The lowest BCUT2D eigenvalue weighted by molar-refractivity contribution is 0.102. The Balaban J connectivity index is 2.22. The van der Waals surface area contributed by atoms with Gasteiger partial charge in [0.1, 0.15) is 0 Å². The highest BCUT2D eigenvalue weighted by molar-refractivity contribution is 9.10. The Morgan fingerprint density at radius 1 is 1.29 bits per heavy atom. The van der Waals surface area contributed by atoms with E-state index in [0.717, 1.165) is 26.9 Å². The largest absolute Gasteiger partial charge is 0.321 e. The molecule has 0 aliphatic carbocycles. The molecule has 88 valence electrons. The highest BCUT2D eigenvalue weighted by Gasteiger charge is 2.11. The summed E-state index contributed by atoms with van der Waals surface area (Å²) in [5.41, 5.74) is 3.70. The van der Waals surface area contributed by atoms with Gasteiger partial charge in [-0.05, 0) is 58.4 Å². The molecule has 0 aliphatic heterocycles. The van der Waals surface area contributed by atoms with Gasteiger partial charge in [0.05, 0.1) is 11.3 Å². The molecule has 1 N–H and O–H groups in total. The van der Waals surface area contributed by atoms with Crippen molar-refractivity contribution in [3.05, 3.63) is 50.1 Å². The molecule has 0 unspecified atom stereocenters. The van der Waals surface area contributed by atoms with Crippen LogP contribution in [0.4, 0.5) is 5.69 Å². The topological polar surface area (TPSA) is 29.1 Å². The predicted molar refractivity (Wildman–Crippen MR) is 75.9 cm³/mol. The molecule has 0 spiro atoms. The van der Waals surface area contributed by atoms with Gasteiger partial charge in [-0.25, -0.2) is 0 Å². The Labute approximate surface area is 113 Å². The van der Waals surface area contributed by atoms with Crippen LogP contribution in [0, 0.1) is 13.8 Å². The maximum Gasteiger partial charge on any atom is 0.256 e. The number of anilines is 1. The molecule has 17 heavy (non-hydrogen) atoms. The van der Waals surface area contributed by atoms with Gasteiger partial charge in [0.15, 0.2) is 0 Å². The summed E-state index contributed by atoms with van der Waals surface area (Å²) in [6, 6.07) is 5.86. The van der Waals surface area contributed by atoms with Crippen LogP contribution in [-0.4, -0.2) is 5.91 Å². The van der Waals surface area contributed by atoms with Crippen molar-refractivity contribution >= 4 is 38.9 Å². The molecule has 0 saturated heterocycles. The minimum Gasteiger partial charge on any atom is -0.321 e. The lowest BCUT2D eigenvalue weighted by Gasteiger charge is -2.07. The van der Waals surface area contributed by atoms with Gasteiger partial charge < -0.3 is 5.32 Å². The van der Waals surface area contributed by atoms with E-state index in [2.05, 4.69) is 21.2 Å². The van der Waals surface area contributed by atoms with Crippen molar-refractivity contribution in [1.82, 2.24) is 0 Å². The first-order valence-electron chi connectivity index (χ1n) is 5.18. The van der Waals surface area contributed by atoms with Crippen molar-refractivity contribution in [2.75, 3.05) is 5.32 Å². The van der Waals surface area contributed by atoms with Crippen LogP contribution >= 0.6 is 27.3 Å². The summed E-state index contributed by atoms with van der Waals surface area (Å²) < 4.78 is 0.902. The molecule has 4 heteroatoms. The van der Waals surface area contributed by atoms with E-state index in [9.17, 15) is 4.79 Å². The van der Waals surface area contributed by atoms with Crippen LogP contribution in [0.15, 0.2) is 33.4 Å². The molecule has 2 rings (SSSR count). The molecule has 2 aromatic rings. The monoisotopic (exact) mass is 309 g/mol. The van der Waals surface area contributed by atoms with Crippen LogP contribution in [0.5, 0.6) is 0 Å². The first-order chi connectivity index (χ1) is 8.08. The lowest BCUT2D eigenvalue weighted by Crippen LogP contribution is -2.12. The predicted octanol–water partition coefficient (Wildman–Crippen LogP) is 4.38. The number of hydrogen-bond acceptors (Lipinski definition) is 2. The standard InChI is InChI=1S/C13H12BrNOS/c1-8-3-4-12(11(14)5-8)15-13(16)10-7-17-6-9(10)2/h3-7H,1-2H3,(H,15,16). The second kappa shape index (κ2) is 5.02. The fourth-order valence-corrected chi connectivity index (χ4v) is 2.92. The third kappa shape index (κ3) is 2.76. The van der Waals surface area contributed by atoms with E-state index in [0.29, 0.717) is 0 Å². The molecule has 1 amide bonds. The number of halogens is 1. The van der Waals surface area contributed by atoms with Crippen LogP contribution in [0.25, 0.3) is 0 Å². The number of nitrogens with one attached hydrogen (secondary N) is 1. The molecule has 1 heterocycles. The van der Waals surface area contributed by atoms with Crippen LogP contribution in [0.1, 0.15) is 21.5 Å². The molecular formula is C13H12BrNOS. The molecular weight excluding hydrogens is 298 g/mol. The summed E-state index contributed by atoms with van der Waals surface area (Å²) in [6.45, 7) is 3.95. The molecule has 1 aromatic heterocycles. The number of carbonyl (C=O) groups is 1. The molecule has 0 atom stereocenters. The Hall–Kier alpha value is -1.13. The summed E-state index contributed by atoms with van der Waals surface area (Å²) in [7, 11) is 0. The summed E-state index contributed by atoms with van der Waals surface area (Å²) >= 11 is 4.98. The van der Waals surface area contributed by atoms with Crippen molar-refractivity contribution in [1.29, 1.82) is 0 Å². The third-order valence-corrected chi connectivity index (χ3v) is 3.99. The Morgan fingerprint density at radius 2 is 2.06 bits per heavy atom. The van der Waals surface area contributed by atoms with E-state index in [-0.39, 0.29) is 5.91 Å². The van der Waals surface area contributed by atoms with E-state index in [1.54, 1.807) is 0 Å². The number of benzene rings is 1. The Kier molecular flexibility index (Phi) is 3.64. The van der Waals surface area contributed by atoms with Gasteiger partial charge in [0, 0.05) is 9.85 Å². The van der Waals surface area contributed by atoms with Gasteiger partial charge in [-0.3, -0.25) is 4.79 Å². The van der Waals surface area contributed by atoms with Crippen molar-refractivity contribution in [3.63, 3.8) is 0 Å². The molecule has 2 nitrogen and oxygen atoms in total. The van der Waals surface area contributed by atoms with E-state index in [4.69, 9.17) is 0 Å². The SMILES string of the molecule is Cc1ccc(NC(=O)c2cscc2C)c(Br)c1. The maximum absolute atomic E-state index is 12.0. The normalized spacial score (nSPS) is 10.3. The van der Waals surface area contributed by atoms with Crippen molar-refractivity contribution < 1.29 is 4.79 Å². The Morgan fingerprint density at radius 3 is 2.65 bits per heavy atom. The molecule has 0 fully saturated rings. The number of hydrogen-bond donors (Lipinski definition) is 1. The lowest BCUT2D eigenvalue weighted by atomic mass is 10.2.